The number of fused-ring (bicyclic) bond motifs is 1. The molecular weight excluding hydrogens is 285 g/mol. The summed E-state index contributed by atoms with van der Waals surface area (Å²) in [6.45, 7) is 1.06. The largest absolute Gasteiger partial charge is 0.467 e. The van der Waals surface area contributed by atoms with E-state index in [2.05, 4.69) is 15.6 Å². The highest BCUT2D eigenvalue weighted by molar-refractivity contribution is 5.80. The highest BCUT2D eigenvalue weighted by atomic mass is 19.1. The molecule has 0 unspecified atom stereocenters. The highest BCUT2D eigenvalue weighted by Crippen LogP contribution is 2.29. The molecule has 5 nitrogen and oxygen atoms in total. The highest BCUT2D eigenvalue weighted by Gasteiger charge is 2.18. The molecule has 1 saturated carbocycles. The lowest BCUT2D eigenvalue weighted by Gasteiger charge is -2.22. The number of nitrogens with one attached hydrogen (secondary N) is 2. The molecule has 2 aliphatic rings. The van der Waals surface area contributed by atoms with Crippen LogP contribution in [0.4, 0.5) is 4.39 Å². The summed E-state index contributed by atoms with van der Waals surface area (Å²) in [5.74, 6) is 1.19. The molecule has 3 rings (SSSR count). The van der Waals surface area contributed by atoms with Crippen LogP contribution in [0.5, 0.6) is 5.75 Å². The van der Waals surface area contributed by atoms with Gasteiger partial charge in [-0.15, -0.1) is 0 Å². The first-order valence-electron chi connectivity index (χ1n) is 7.75. The van der Waals surface area contributed by atoms with Gasteiger partial charge in [0.1, 0.15) is 11.6 Å². The molecule has 2 N–H and O–H groups in total. The van der Waals surface area contributed by atoms with Gasteiger partial charge >= 0.3 is 0 Å². The molecule has 0 aromatic heterocycles. The van der Waals surface area contributed by atoms with Crippen LogP contribution >= 0.6 is 0 Å². The lowest BCUT2D eigenvalue weighted by Crippen LogP contribution is -2.42. The van der Waals surface area contributed by atoms with Crippen molar-refractivity contribution in [2.75, 3.05) is 13.8 Å². The minimum Gasteiger partial charge on any atom is -0.467 e. The van der Waals surface area contributed by atoms with Crippen LogP contribution in [0.15, 0.2) is 17.1 Å². The van der Waals surface area contributed by atoms with Gasteiger partial charge in [0, 0.05) is 30.8 Å². The number of hydrogen-bond donors (Lipinski definition) is 2. The predicted octanol–water partition coefficient (Wildman–Crippen LogP) is 2.30. The maximum Gasteiger partial charge on any atom is 0.191 e. The van der Waals surface area contributed by atoms with Gasteiger partial charge in [0.25, 0.3) is 0 Å². The fraction of sp³-hybridized carbons (Fsp3) is 0.562. The van der Waals surface area contributed by atoms with Gasteiger partial charge in [-0.25, -0.2) is 4.39 Å². The van der Waals surface area contributed by atoms with Crippen molar-refractivity contribution in [2.45, 2.75) is 44.9 Å². The Balaban J connectivity index is 1.66. The Bertz CT molecular complexity index is 557. The molecule has 0 spiro atoms. The van der Waals surface area contributed by atoms with Gasteiger partial charge in [-0.2, -0.15) is 0 Å². The van der Waals surface area contributed by atoms with E-state index >= 15 is 0 Å². The van der Waals surface area contributed by atoms with Gasteiger partial charge in [0.15, 0.2) is 12.8 Å². The van der Waals surface area contributed by atoms with Gasteiger partial charge in [0.2, 0.25) is 0 Å². The fourth-order valence-electron chi connectivity index (χ4n) is 3.03. The number of benzene rings is 1. The monoisotopic (exact) mass is 307 g/mol. The number of halogens is 1. The quantitative estimate of drug-likeness (QED) is 0.664. The number of hydrogen-bond acceptors (Lipinski definition) is 3. The third-order valence-electron chi connectivity index (χ3n) is 4.12. The smallest absolute Gasteiger partial charge is 0.191 e. The van der Waals surface area contributed by atoms with Gasteiger partial charge in [0.05, 0.1) is 6.61 Å². The second kappa shape index (κ2) is 6.96. The van der Waals surface area contributed by atoms with Gasteiger partial charge in [-0.3, -0.25) is 4.99 Å². The summed E-state index contributed by atoms with van der Waals surface area (Å²) in [5, 5.41) is 6.65. The Labute approximate surface area is 129 Å². The van der Waals surface area contributed by atoms with Gasteiger partial charge < -0.3 is 20.1 Å². The molecule has 0 bridgehead atoms. The van der Waals surface area contributed by atoms with Crippen molar-refractivity contribution in [1.29, 1.82) is 0 Å². The van der Waals surface area contributed by atoms with Crippen LogP contribution in [0, 0.1) is 5.82 Å². The van der Waals surface area contributed by atoms with Crippen LogP contribution in [-0.2, 0) is 17.9 Å². The minimum atomic E-state index is -0.275. The van der Waals surface area contributed by atoms with Gasteiger partial charge in [-0.1, -0.05) is 12.8 Å². The zero-order valence-corrected chi connectivity index (χ0v) is 12.8. The van der Waals surface area contributed by atoms with Crippen LogP contribution in [-0.4, -0.2) is 25.8 Å². The van der Waals surface area contributed by atoms with Crippen LogP contribution in [0.2, 0.25) is 0 Å². The molecule has 0 saturated heterocycles. The first-order valence-corrected chi connectivity index (χ1v) is 7.75. The van der Waals surface area contributed by atoms with E-state index in [9.17, 15) is 4.39 Å². The summed E-state index contributed by atoms with van der Waals surface area (Å²) in [5.41, 5.74) is 1.54. The molecule has 1 heterocycles. The zero-order valence-electron chi connectivity index (χ0n) is 12.8. The molecule has 1 aromatic rings. The molecule has 1 fully saturated rings. The Kier molecular flexibility index (Phi) is 4.77. The molecule has 0 amide bonds. The van der Waals surface area contributed by atoms with E-state index < -0.39 is 0 Å². The van der Waals surface area contributed by atoms with Crippen molar-refractivity contribution in [3.05, 3.63) is 29.1 Å². The Hall–Kier alpha value is -1.82. The van der Waals surface area contributed by atoms with E-state index in [1.165, 1.54) is 37.8 Å². The van der Waals surface area contributed by atoms with E-state index in [-0.39, 0.29) is 12.6 Å². The van der Waals surface area contributed by atoms with Crippen LogP contribution in [0.1, 0.15) is 36.8 Å². The van der Waals surface area contributed by atoms with E-state index in [4.69, 9.17) is 9.47 Å². The molecule has 1 aliphatic heterocycles. The van der Waals surface area contributed by atoms with Crippen LogP contribution in [0.3, 0.4) is 0 Å². The normalized spacial score (nSPS) is 18.7. The van der Waals surface area contributed by atoms with Gasteiger partial charge in [-0.05, 0) is 25.0 Å². The fourth-order valence-corrected chi connectivity index (χ4v) is 3.03. The van der Waals surface area contributed by atoms with Crippen LogP contribution in [0.25, 0.3) is 0 Å². The van der Waals surface area contributed by atoms with Crippen molar-refractivity contribution in [3.63, 3.8) is 0 Å². The Morgan fingerprint density at radius 3 is 2.95 bits per heavy atom. The van der Waals surface area contributed by atoms with E-state index in [1.54, 1.807) is 7.05 Å². The second-order valence-electron chi connectivity index (χ2n) is 5.72. The summed E-state index contributed by atoms with van der Waals surface area (Å²) < 4.78 is 24.4. The van der Waals surface area contributed by atoms with Crippen molar-refractivity contribution < 1.29 is 13.9 Å². The SMILES string of the molecule is CN=C(NCc1cc(F)cc2c1OCOC2)NC1CCCC1. The second-order valence-corrected chi connectivity index (χ2v) is 5.72. The number of nitrogens with zero attached hydrogens (tertiary/aromatic N) is 1. The third kappa shape index (κ3) is 3.50. The molecule has 6 heteroatoms. The summed E-state index contributed by atoms with van der Waals surface area (Å²) in [6, 6.07) is 3.45. The average Bonchev–Trinajstić information content (AvgIpc) is 3.04. The standard InChI is InChI=1S/C16H22FN3O2/c1-18-16(20-14-4-2-3-5-14)19-8-11-6-13(17)7-12-9-21-10-22-15(11)12/h6-7,14H,2-5,8-10H2,1H3,(H2,18,19,20). The molecule has 1 aromatic carbocycles. The molecule has 22 heavy (non-hydrogen) atoms. The lowest BCUT2D eigenvalue weighted by molar-refractivity contribution is -0.0172. The Morgan fingerprint density at radius 2 is 2.18 bits per heavy atom. The van der Waals surface area contributed by atoms with E-state index in [0.29, 0.717) is 19.2 Å². The summed E-state index contributed by atoms with van der Waals surface area (Å²) in [4.78, 5) is 4.24. The van der Waals surface area contributed by atoms with Crippen molar-refractivity contribution >= 4 is 5.96 Å². The van der Waals surface area contributed by atoms with Crippen molar-refractivity contribution in [1.82, 2.24) is 10.6 Å². The molecular formula is C16H22FN3O2. The summed E-state index contributed by atoms with van der Waals surface area (Å²) >= 11 is 0. The van der Waals surface area contributed by atoms with E-state index in [1.807, 2.05) is 0 Å². The predicted molar refractivity (Wildman–Crippen MR) is 82.3 cm³/mol. The van der Waals surface area contributed by atoms with Crippen molar-refractivity contribution in [2.24, 2.45) is 4.99 Å². The third-order valence-corrected chi connectivity index (χ3v) is 4.12. The number of rotatable bonds is 3. The first kappa shape index (κ1) is 15.1. The van der Waals surface area contributed by atoms with Crippen LogP contribution < -0.4 is 15.4 Å². The average molecular weight is 307 g/mol. The summed E-state index contributed by atoms with van der Waals surface area (Å²) in [6.07, 6.45) is 4.88. The summed E-state index contributed by atoms with van der Waals surface area (Å²) in [7, 11) is 1.75. The maximum absolute atomic E-state index is 13.7. The topological polar surface area (TPSA) is 54.9 Å². The maximum atomic E-state index is 13.7. The molecule has 1 aliphatic carbocycles. The minimum absolute atomic E-state index is 0.209. The first-order chi connectivity index (χ1) is 10.8. The molecule has 120 valence electrons. The van der Waals surface area contributed by atoms with Crippen molar-refractivity contribution in [3.8, 4) is 5.75 Å². The molecule has 0 radical (unpaired) electrons. The molecule has 0 atom stereocenters. The Morgan fingerprint density at radius 1 is 1.36 bits per heavy atom. The number of aliphatic imine (C=N–C) groups is 1. The number of ether oxygens (including phenoxy) is 2. The lowest BCUT2D eigenvalue weighted by atomic mass is 10.1. The van der Waals surface area contributed by atoms with E-state index in [0.717, 1.165) is 22.8 Å². The number of guanidine groups is 1. The zero-order chi connectivity index (χ0) is 15.4.